The van der Waals surface area contributed by atoms with E-state index in [2.05, 4.69) is 9.88 Å². The zero-order valence-corrected chi connectivity index (χ0v) is 14.2. The molecule has 2 aliphatic heterocycles. The van der Waals surface area contributed by atoms with Crippen LogP contribution >= 0.6 is 0 Å². The van der Waals surface area contributed by atoms with Gasteiger partial charge in [-0.3, -0.25) is 14.7 Å². The molecule has 0 bridgehead atoms. The third-order valence-corrected chi connectivity index (χ3v) is 5.41. The lowest BCUT2D eigenvalue weighted by atomic mass is 9.85. The van der Waals surface area contributed by atoms with Crippen molar-refractivity contribution in [3.8, 4) is 0 Å². The van der Waals surface area contributed by atoms with Crippen LogP contribution in [0.5, 0.6) is 0 Å². The number of likely N-dealkylation sites (tertiary alicyclic amines) is 2. The predicted molar refractivity (Wildman–Crippen MR) is 93.0 cm³/mol. The van der Waals surface area contributed by atoms with Crippen molar-refractivity contribution in [1.82, 2.24) is 14.8 Å². The normalized spacial score (nSPS) is 23.7. The summed E-state index contributed by atoms with van der Waals surface area (Å²) in [5.41, 5.74) is 1.64. The highest BCUT2D eigenvalue weighted by Gasteiger charge is 2.50. The number of rotatable bonds is 4. The van der Waals surface area contributed by atoms with E-state index < -0.39 is 0 Å². The van der Waals surface area contributed by atoms with Crippen molar-refractivity contribution in [3.05, 3.63) is 65.7 Å². The SMILES string of the molecule is O=C1N(Cc2cccc(F)c2)CC[C@]12CCN(Cc1ccccn1)C2. The molecule has 25 heavy (non-hydrogen) atoms. The average Bonchev–Trinajstić information content (AvgIpc) is 3.15. The molecule has 1 amide bonds. The Kier molecular flexibility index (Phi) is 4.25. The van der Waals surface area contributed by atoms with Crippen molar-refractivity contribution in [1.29, 1.82) is 0 Å². The molecule has 0 N–H and O–H groups in total. The van der Waals surface area contributed by atoms with Crippen molar-refractivity contribution in [3.63, 3.8) is 0 Å². The zero-order chi connectivity index (χ0) is 17.3. The molecule has 4 nitrogen and oxygen atoms in total. The van der Waals surface area contributed by atoms with E-state index in [9.17, 15) is 9.18 Å². The maximum absolute atomic E-state index is 13.4. The van der Waals surface area contributed by atoms with Gasteiger partial charge in [0.1, 0.15) is 5.82 Å². The number of carbonyl (C=O) groups is 1. The van der Waals surface area contributed by atoms with E-state index in [-0.39, 0.29) is 17.1 Å². The standard InChI is InChI=1S/C20H22FN3O/c21-17-5-3-4-16(12-17)13-24-11-8-20(19(24)25)7-10-23(15-20)14-18-6-1-2-9-22-18/h1-6,9,12H,7-8,10-11,13-15H2/t20-/m0/s1. The van der Waals surface area contributed by atoms with Crippen LogP contribution in [0.1, 0.15) is 24.1 Å². The Morgan fingerprint density at radius 3 is 2.76 bits per heavy atom. The van der Waals surface area contributed by atoms with Gasteiger partial charge in [0.25, 0.3) is 0 Å². The minimum atomic E-state index is -0.262. The van der Waals surface area contributed by atoms with Crippen molar-refractivity contribution >= 4 is 5.91 Å². The van der Waals surface area contributed by atoms with Crippen molar-refractivity contribution < 1.29 is 9.18 Å². The zero-order valence-electron chi connectivity index (χ0n) is 14.2. The molecule has 0 saturated carbocycles. The summed E-state index contributed by atoms with van der Waals surface area (Å²) in [4.78, 5) is 21.6. The molecule has 2 aliphatic rings. The topological polar surface area (TPSA) is 36.4 Å². The summed E-state index contributed by atoms with van der Waals surface area (Å²) in [5, 5.41) is 0. The number of amides is 1. The molecule has 2 fully saturated rings. The van der Waals surface area contributed by atoms with Crippen molar-refractivity contribution in [2.24, 2.45) is 5.41 Å². The Morgan fingerprint density at radius 2 is 1.96 bits per heavy atom. The Balaban J connectivity index is 1.41. The minimum absolute atomic E-state index is 0.222. The Bertz CT molecular complexity index is 767. The van der Waals surface area contributed by atoms with Crippen LogP contribution < -0.4 is 0 Å². The number of hydrogen-bond acceptors (Lipinski definition) is 3. The summed E-state index contributed by atoms with van der Waals surface area (Å²) < 4.78 is 13.4. The van der Waals surface area contributed by atoms with Gasteiger partial charge >= 0.3 is 0 Å². The highest BCUT2D eigenvalue weighted by Crippen LogP contribution is 2.41. The Labute approximate surface area is 147 Å². The lowest BCUT2D eigenvalue weighted by Crippen LogP contribution is -2.36. The van der Waals surface area contributed by atoms with Gasteiger partial charge in [-0.05, 0) is 49.2 Å². The van der Waals surface area contributed by atoms with Gasteiger partial charge in [-0.15, -0.1) is 0 Å². The molecular weight excluding hydrogens is 317 g/mol. The van der Waals surface area contributed by atoms with Crippen LogP contribution in [0.25, 0.3) is 0 Å². The number of carbonyl (C=O) groups excluding carboxylic acids is 1. The lowest BCUT2D eigenvalue weighted by molar-refractivity contribution is -0.136. The monoisotopic (exact) mass is 339 g/mol. The van der Waals surface area contributed by atoms with Crippen LogP contribution in [0.2, 0.25) is 0 Å². The van der Waals surface area contributed by atoms with Crippen LogP contribution in [-0.4, -0.2) is 40.3 Å². The van der Waals surface area contributed by atoms with Crippen LogP contribution in [0.4, 0.5) is 4.39 Å². The van der Waals surface area contributed by atoms with Crippen molar-refractivity contribution in [2.45, 2.75) is 25.9 Å². The summed E-state index contributed by atoms with van der Waals surface area (Å²) in [6.45, 7) is 3.77. The van der Waals surface area contributed by atoms with E-state index in [1.54, 1.807) is 6.07 Å². The first kappa shape index (κ1) is 16.2. The lowest BCUT2D eigenvalue weighted by Gasteiger charge is -2.23. The number of hydrogen-bond donors (Lipinski definition) is 0. The fraction of sp³-hybridized carbons (Fsp3) is 0.400. The highest BCUT2D eigenvalue weighted by molar-refractivity contribution is 5.85. The fourth-order valence-corrected chi connectivity index (χ4v) is 4.09. The summed E-state index contributed by atoms with van der Waals surface area (Å²) in [6, 6.07) is 12.5. The predicted octanol–water partition coefficient (Wildman–Crippen LogP) is 2.85. The second kappa shape index (κ2) is 6.56. The van der Waals surface area contributed by atoms with Crippen LogP contribution in [-0.2, 0) is 17.9 Å². The molecule has 1 aromatic heterocycles. The number of nitrogens with zero attached hydrogens (tertiary/aromatic N) is 3. The van der Waals surface area contributed by atoms with Crippen LogP contribution in [0.15, 0.2) is 48.7 Å². The summed E-state index contributed by atoms with van der Waals surface area (Å²) >= 11 is 0. The largest absolute Gasteiger partial charge is 0.338 e. The maximum atomic E-state index is 13.4. The first-order chi connectivity index (χ1) is 12.1. The van der Waals surface area contributed by atoms with Crippen LogP contribution in [0, 0.1) is 11.2 Å². The van der Waals surface area contributed by atoms with Gasteiger partial charge in [-0.2, -0.15) is 0 Å². The molecule has 130 valence electrons. The molecule has 5 heteroatoms. The summed E-state index contributed by atoms with van der Waals surface area (Å²) in [5.74, 6) is -0.0263. The average molecular weight is 339 g/mol. The van der Waals surface area contributed by atoms with E-state index in [1.807, 2.05) is 35.4 Å². The van der Waals surface area contributed by atoms with E-state index in [0.29, 0.717) is 6.54 Å². The molecule has 1 aromatic carbocycles. The Morgan fingerprint density at radius 1 is 1.08 bits per heavy atom. The molecule has 0 aliphatic carbocycles. The minimum Gasteiger partial charge on any atom is -0.338 e. The van der Waals surface area contributed by atoms with E-state index in [0.717, 1.165) is 50.3 Å². The van der Waals surface area contributed by atoms with Gasteiger partial charge in [0, 0.05) is 32.4 Å². The second-order valence-corrected chi connectivity index (χ2v) is 7.17. The van der Waals surface area contributed by atoms with Gasteiger partial charge in [0.05, 0.1) is 11.1 Å². The number of pyridine rings is 1. The molecule has 1 atom stereocenters. The smallest absolute Gasteiger partial charge is 0.230 e. The van der Waals surface area contributed by atoms with Crippen molar-refractivity contribution in [2.75, 3.05) is 19.6 Å². The first-order valence-electron chi connectivity index (χ1n) is 8.81. The number of benzene rings is 1. The van der Waals surface area contributed by atoms with Gasteiger partial charge in [0.2, 0.25) is 5.91 Å². The second-order valence-electron chi connectivity index (χ2n) is 7.17. The summed E-state index contributed by atoms with van der Waals surface area (Å²) in [6.07, 6.45) is 3.60. The van der Waals surface area contributed by atoms with Gasteiger partial charge in [-0.25, -0.2) is 4.39 Å². The maximum Gasteiger partial charge on any atom is 0.230 e. The third-order valence-electron chi connectivity index (χ3n) is 5.41. The molecule has 4 rings (SSSR count). The summed E-state index contributed by atoms with van der Waals surface area (Å²) in [7, 11) is 0. The molecular formula is C20H22FN3O. The highest BCUT2D eigenvalue weighted by atomic mass is 19.1. The number of aromatic nitrogens is 1. The van der Waals surface area contributed by atoms with Gasteiger partial charge in [-0.1, -0.05) is 18.2 Å². The molecule has 2 aromatic rings. The first-order valence-corrected chi connectivity index (χ1v) is 8.81. The molecule has 0 unspecified atom stereocenters. The third kappa shape index (κ3) is 3.29. The van der Waals surface area contributed by atoms with E-state index in [4.69, 9.17) is 0 Å². The van der Waals surface area contributed by atoms with Gasteiger partial charge in [0.15, 0.2) is 0 Å². The molecule has 3 heterocycles. The molecule has 1 spiro atoms. The van der Waals surface area contributed by atoms with E-state index >= 15 is 0 Å². The molecule has 2 saturated heterocycles. The molecule has 0 radical (unpaired) electrons. The fourth-order valence-electron chi connectivity index (χ4n) is 4.09. The van der Waals surface area contributed by atoms with Crippen LogP contribution in [0.3, 0.4) is 0 Å². The Hall–Kier alpha value is -2.27. The quantitative estimate of drug-likeness (QED) is 0.859. The van der Waals surface area contributed by atoms with E-state index in [1.165, 1.54) is 12.1 Å². The number of halogens is 1. The van der Waals surface area contributed by atoms with Gasteiger partial charge < -0.3 is 4.90 Å².